The summed E-state index contributed by atoms with van der Waals surface area (Å²) < 4.78 is 11.6. The van der Waals surface area contributed by atoms with E-state index in [9.17, 15) is 4.79 Å². The first-order chi connectivity index (χ1) is 13.8. The number of likely N-dealkylation sites (tertiary alicyclic amines) is 1. The second kappa shape index (κ2) is 11.3. The van der Waals surface area contributed by atoms with Gasteiger partial charge in [0.15, 0.2) is 0 Å². The average molecular weight is 389 g/mol. The van der Waals surface area contributed by atoms with Gasteiger partial charge in [-0.25, -0.2) is 4.79 Å². The van der Waals surface area contributed by atoms with Crippen molar-refractivity contribution in [2.45, 2.75) is 83.3 Å². The number of benzene rings is 1. The molecule has 5 heteroatoms. The molecule has 0 bridgehead atoms. The SMILES string of the molecule is CCCCCOc1ccc(NC(=O)O[C@H]2CCCC[C@@H]2N2CCCCC2)cc1. The molecule has 3 rings (SSSR count). The van der Waals surface area contributed by atoms with E-state index in [1.54, 1.807) is 0 Å². The Kier molecular flexibility index (Phi) is 8.46. The first-order valence-corrected chi connectivity index (χ1v) is 11.2. The zero-order valence-corrected chi connectivity index (χ0v) is 17.3. The van der Waals surface area contributed by atoms with Crippen LogP contribution in [-0.4, -0.2) is 42.8 Å². The molecule has 0 unspecified atom stereocenters. The van der Waals surface area contributed by atoms with Crippen molar-refractivity contribution in [3.8, 4) is 5.75 Å². The van der Waals surface area contributed by atoms with E-state index in [-0.39, 0.29) is 12.2 Å². The van der Waals surface area contributed by atoms with E-state index < -0.39 is 0 Å². The standard InChI is InChI=1S/C23H36N2O3/c1-2-3-9-18-27-20-14-12-19(13-15-20)24-23(26)28-22-11-6-5-10-21(22)25-16-7-4-8-17-25/h12-15,21-22H,2-11,16-18H2,1H3,(H,24,26)/t21-,22-/m0/s1. The van der Waals surface area contributed by atoms with Gasteiger partial charge in [0.25, 0.3) is 0 Å². The molecule has 0 spiro atoms. The third kappa shape index (κ3) is 6.40. The molecular formula is C23H36N2O3. The predicted molar refractivity (Wildman–Crippen MR) is 113 cm³/mol. The van der Waals surface area contributed by atoms with Crippen molar-refractivity contribution in [2.75, 3.05) is 25.0 Å². The number of hydrogen-bond donors (Lipinski definition) is 1. The summed E-state index contributed by atoms with van der Waals surface area (Å²) in [6.45, 7) is 5.21. The minimum absolute atomic E-state index is 0.00743. The number of hydrogen-bond acceptors (Lipinski definition) is 4. The topological polar surface area (TPSA) is 50.8 Å². The van der Waals surface area contributed by atoms with E-state index in [1.165, 1.54) is 38.5 Å². The van der Waals surface area contributed by atoms with Crippen LogP contribution >= 0.6 is 0 Å². The molecule has 28 heavy (non-hydrogen) atoms. The number of unbranched alkanes of at least 4 members (excludes halogenated alkanes) is 2. The van der Waals surface area contributed by atoms with E-state index in [0.717, 1.165) is 56.8 Å². The van der Waals surface area contributed by atoms with Gasteiger partial charge in [0, 0.05) is 11.7 Å². The summed E-state index contributed by atoms with van der Waals surface area (Å²) in [6, 6.07) is 7.94. The first kappa shape index (κ1) is 21.0. The number of nitrogens with one attached hydrogen (secondary N) is 1. The van der Waals surface area contributed by atoms with E-state index in [0.29, 0.717) is 6.04 Å². The quantitative estimate of drug-likeness (QED) is 0.589. The molecule has 156 valence electrons. The Balaban J connectivity index is 1.47. The summed E-state index contributed by atoms with van der Waals surface area (Å²) in [5, 5.41) is 2.88. The fourth-order valence-corrected chi connectivity index (χ4v) is 4.34. The van der Waals surface area contributed by atoms with Gasteiger partial charge in [-0.3, -0.25) is 10.2 Å². The van der Waals surface area contributed by atoms with Crippen LogP contribution in [0.2, 0.25) is 0 Å². The van der Waals surface area contributed by atoms with E-state index in [2.05, 4.69) is 17.1 Å². The smallest absolute Gasteiger partial charge is 0.411 e. The summed E-state index contributed by atoms with van der Waals surface area (Å²) in [7, 11) is 0. The van der Waals surface area contributed by atoms with Crippen molar-refractivity contribution in [3.63, 3.8) is 0 Å². The van der Waals surface area contributed by atoms with Gasteiger partial charge in [-0.05, 0) is 75.9 Å². The fourth-order valence-electron chi connectivity index (χ4n) is 4.34. The van der Waals surface area contributed by atoms with Gasteiger partial charge in [-0.1, -0.05) is 32.6 Å². The monoisotopic (exact) mass is 388 g/mol. The highest BCUT2D eigenvalue weighted by molar-refractivity contribution is 5.84. The van der Waals surface area contributed by atoms with Crippen LogP contribution in [0.1, 0.15) is 71.1 Å². The Morgan fingerprint density at radius 2 is 1.79 bits per heavy atom. The molecule has 1 aliphatic carbocycles. The summed E-state index contributed by atoms with van der Waals surface area (Å²) in [6.07, 6.45) is 11.5. The number of carbonyl (C=O) groups is 1. The number of rotatable bonds is 8. The van der Waals surface area contributed by atoms with Crippen LogP contribution in [0.5, 0.6) is 5.75 Å². The number of anilines is 1. The normalized spacial score (nSPS) is 23.2. The minimum Gasteiger partial charge on any atom is -0.494 e. The lowest BCUT2D eigenvalue weighted by Gasteiger charge is -2.41. The maximum absolute atomic E-state index is 12.5. The number of nitrogens with zero attached hydrogens (tertiary/aromatic N) is 1. The van der Waals surface area contributed by atoms with Crippen molar-refractivity contribution in [1.82, 2.24) is 4.90 Å². The molecule has 0 radical (unpaired) electrons. The number of amides is 1. The Morgan fingerprint density at radius 1 is 1.04 bits per heavy atom. The third-order valence-corrected chi connectivity index (χ3v) is 5.90. The van der Waals surface area contributed by atoms with Crippen LogP contribution in [0.15, 0.2) is 24.3 Å². The lowest BCUT2D eigenvalue weighted by Crippen LogP contribution is -2.49. The van der Waals surface area contributed by atoms with Crippen LogP contribution < -0.4 is 10.1 Å². The second-order valence-corrected chi connectivity index (χ2v) is 8.10. The van der Waals surface area contributed by atoms with Crippen molar-refractivity contribution >= 4 is 11.8 Å². The highest BCUT2D eigenvalue weighted by atomic mass is 16.6. The van der Waals surface area contributed by atoms with E-state index in [4.69, 9.17) is 9.47 Å². The summed E-state index contributed by atoms with van der Waals surface area (Å²) in [5.74, 6) is 0.840. The lowest BCUT2D eigenvalue weighted by molar-refractivity contribution is 0.00174. The highest BCUT2D eigenvalue weighted by Gasteiger charge is 2.33. The van der Waals surface area contributed by atoms with Gasteiger partial charge in [0.1, 0.15) is 11.9 Å². The maximum atomic E-state index is 12.5. The minimum atomic E-state index is -0.342. The second-order valence-electron chi connectivity index (χ2n) is 8.10. The third-order valence-electron chi connectivity index (χ3n) is 5.90. The van der Waals surface area contributed by atoms with E-state index >= 15 is 0 Å². The van der Waals surface area contributed by atoms with Crippen LogP contribution in [-0.2, 0) is 4.74 Å². The van der Waals surface area contributed by atoms with E-state index in [1.807, 2.05) is 24.3 Å². The van der Waals surface area contributed by atoms with Crippen LogP contribution in [0.4, 0.5) is 10.5 Å². The molecule has 1 aliphatic heterocycles. The Hall–Kier alpha value is -1.75. The molecule has 0 aromatic heterocycles. The maximum Gasteiger partial charge on any atom is 0.411 e. The van der Waals surface area contributed by atoms with Gasteiger partial charge in [-0.2, -0.15) is 0 Å². The summed E-state index contributed by atoms with van der Waals surface area (Å²) >= 11 is 0. The van der Waals surface area contributed by atoms with Crippen LogP contribution in [0.3, 0.4) is 0 Å². The first-order valence-electron chi connectivity index (χ1n) is 11.2. The Labute approximate surface area is 169 Å². The molecule has 1 saturated carbocycles. The van der Waals surface area contributed by atoms with Gasteiger partial charge < -0.3 is 9.47 Å². The highest BCUT2D eigenvalue weighted by Crippen LogP contribution is 2.28. The van der Waals surface area contributed by atoms with Gasteiger partial charge in [0.2, 0.25) is 0 Å². The number of piperidine rings is 1. The molecule has 1 aromatic carbocycles. The molecule has 1 heterocycles. The Morgan fingerprint density at radius 3 is 2.54 bits per heavy atom. The largest absolute Gasteiger partial charge is 0.494 e. The summed E-state index contributed by atoms with van der Waals surface area (Å²) in [4.78, 5) is 15.0. The fraction of sp³-hybridized carbons (Fsp3) is 0.696. The van der Waals surface area contributed by atoms with Crippen molar-refractivity contribution in [2.24, 2.45) is 0 Å². The van der Waals surface area contributed by atoms with Crippen molar-refractivity contribution in [1.29, 1.82) is 0 Å². The van der Waals surface area contributed by atoms with Crippen molar-refractivity contribution < 1.29 is 14.3 Å². The van der Waals surface area contributed by atoms with Crippen LogP contribution in [0, 0.1) is 0 Å². The molecule has 5 nitrogen and oxygen atoms in total. The van der Waals surface area contributed by atoms with Crippen LogP contribution in [0.25, 0.3) is 0 Å². The van der Waals surface area contributed by atoms with Gasteiger partial charge in [0.05, 0.1) is 6.61 Å². The number of ether oxygens (including phenoxy) is 2. The molecule has 1 saturated heterocycles. The zero-order valence-electron chi connectivity index (χ0n) is 17.3. The molecule has 1 amide bonds. The molecule has 2 atom stereocenters. The number of carbonyl (C=O) groups excluding carboxylic acids is 1. The Bertz CT molecular complexity index is 584. The summed E-state index contributed by atoms with van der Waals surface area (Å²) in [5.41, 5.74) is 0.747. The molecule has 2 aliphatic rings. The molecule has 2 fully saturated rings. The van der Waals surface area contributed by atoms with Crippen molar-refractivity contribution in [3.05, 3.63) is 24.3 Å². The average Bonchev–Trinajstić information content (AvgIpc) is 2.73. The lowest BCUT2D eigenvalue weighted by atomic mass is 9.90. The molecular weight excluding hydrogens is 352 g/mol. The zero-order chi connectivity index (χ0) is 19.6. The molecule has 1 N–H and O–H groups in total. The van der Waals surface area contributed by atoms with Gasteiger partial charge >= 0.3 is 6.09 Å². The van der Waals surface area contributed by atoms with Gasteiger partial charge in [-0.15, -0.1) is 0 Å². The molecule has 1 aromatic rings. The predicted octanol–water partition coefficient (Wildman–Crippen LogP) is 5.60.